The molecule has 0 spiro atoms. The third kappa shape index (κ3) is 2.81. The molecular weight excluding hydrogens is 362 g/mol. The zero-order valence-electron chi connectivity index (χ0n) is 15.9. The fraction of sp³-hybridized carbons (Fsp3) is 0.474. The van der Waals surface area contributed by atoms with Crippen molar-refractivity contribution in [1.29, 1.82) is 0 Å². The standard InChI is InChI=1S/C19H25N5S2/c1-6-22(7-2)14-10-8-13(9-11-14)16-23-15(12-25-16)26-18-21-20-17(24(18)23)19(3,4)5/h8-12,16H,6-7H2,1-5H3. The van der Waals surface area contributed by atoms with Gasteiger partial charge in [-0.05, 0) is 43.3 Å². The first-order chi connectivity index (χ1) is 12.4. The lowest BCUT2D eigenvalue weighted by atomic mass is 9.96. The average molecular weight is 388 g/mol. The van der Waals surface area contributed by atoms with Crippen molar-refractivity contribution in [1.82, 2.24) is 14.9 Å². The molecule has 2 aliphatic heterocycles. The van der Waals surface area contributed by atoms with Gasteiger partial charge in [-0.1, -0.05) is 44.7 Å². The van der Waals surface area contributed by atoms with Gasteiger partial charge in [-0.25, -0.2) is 4.68 Å². The first kappa shape index (κ1) is 17.8. The van der Waals surface area contributed by atoms with Crippen molar-refractivity contribution in [2.45, 2.75) is 50.6 Å². The summed E-state index contributed by atoms with van der Waals surface area (Å²) < 4.78 is 2.21. The van der Waals surface area contributed by atoms with Gasteiger partial charge in [0.05, 0.1) is 0 Å². The number of thioether (sulfide) groups is 2. The molecular formula is C19H25N5S2. The van der Waals surface area contributed by atoms with Crippen molar-refractivity contribution >= 4 is 29.2 Å². The van der Waals surface area contributed by atoms with Crippen LogP contribution in [-0.4, -0.2) is 28.0 Å². The second kappa shape index (κ2) is 6.53. The highest BCUT2D eigenvalue weighted by Crippen LogP contribution is 2.51. The first-order valence-corrected chi connectivity index (χ1v) is 10.8. The molecule has 0 amide bonds. The van der Waals surface area contributed by atoms with E-state index >= 15 is 0 Å². The molecule has 26 heavy (non-hydrogen) atoms. The summed E-state index contributed by atoms with van der Waals surface area (Å²) in [4.78, 5) is 2.37. The molecule has 0 aliphatic carbocycles. The molecule has 0 saturated carbocycles. The van der Waals surface area contributed by atoms with Gasteiger partial charge >= 0.3 is 0 Å². The van der Waals surface area contributed by atoms with Crippen molar-refractivity contribution in [2.75, 3.05) is 23.0 Å². The molecule has 7 heteroatoms. The van der Waals surface area contributed by atoms with Crippen LogP contribution in [0.5, 0.6) is 0 Å². The van der Waals surface area contributed by atoms with Crippen LogP contribution in [0.2, 0.25) is 0 Å². The van der Waals surface area contributed by atoms with E-state index in [2.05, 4.69) is 89.1 Å². The summed E-state index contributed by atoms with van der Waals surface area (Å²) in [6, 6.07) is 8.99. The SMILES string of the molecule is CCN(CC)c1ccc(C2SC=C3Sc4nnc(C(C)(C)C)n4N32)cc1. The summed E-state index contributed by atoms with van der Waals surface area (Å²) in [6.45, 7) is 13.0. The van der Waals surface area contributed by atoms with Gasteiger partial charge in [-0.3, -0.25) is 5.01 Å². The summed E-state index contributed by atoms with van der Waals surface area (Å²) in [5.74, 6) is 1.01. The fourth-order valence-electron chi connectivity index (χ4n) is 3.37. The summed E-state index contributed by atoms with van der Waals surface area (Å²) >= 11 is 3.56. The Bertz CT molecular complexity index is 831. The van der Waals surface area contributed by atoms with E-state index in [0.29, 0.717) is 0 Å². The Morgan fingerprint density at radius 3 is 2.38 bits per heavy atom. The molecule has 3 heterocycles. The molecule has 0 radical (unpaired) electrons. The summed E-state index contributed by atoms with van der Waals surface area (Å²) in [5, 5.41) is 15.9. The molecule has 4 rings (SSSR count). The van der Waals surface area contributed by atoms with Gasteiger partial charge < -0.3 is 4.90 Å². The third-order valence-corrected chi connectivity index (χ3v) is 6.94. The van der Waals surface area contributed by atoms with Crippen LogP contribution in [0.25, 0.3) is 0 Å². The summed E-state index contributed by atoms with van der Waals surface area (Å²) in [5.41, 5.74) is 2.54. The topological polar surface area (TPSA) is 37.2 Å². The Labute approximate surface area is 163 Å². The highest BCUT2D eigenvalue weighted by molar-refractivity contribution is 8.07. The summed E-state index contributed by atoms with van der Waals surface area (Å²) in [6.07, 6.45) is 0. The Kier molecular flexibility index (Phi) is 4.47. The van der Waals surface area contributed by atoms with Crippen molar-refractivity contribution in [3.8, 4) is 0 Å². The molecule has 2 aliphatic rings. The van der Waals surface area contributed by atoms with Crippen molar-refractivity contribution in [3.05, 3.63) is 46.1 Å². The van der Waals surface area contributed by atoms with E-state index in [1.54, 1.807) is 11.8 Å². The minimum absolute atomic E-state index is 0.0499. The zero-order chi connectivity index (χ0) is 18.5. The fourth-order valence-corrected chi connectivity index (χ4v) is 5.59. The number of hydrogen-bond donors (Lipinski definition) is 0. The van der Waals surface area contributed by atoms with E-state index in [1.165, 1.54) is 16.3 Å². The Morgan fingerprint density at radius 1 is 1.08 bits per heavy atom. The number of nitrogens with zero attached hydrogens (tertiary/aromatic N) is 5. The van der Waals surface area contributed by atoms with Crippen LogP contribution in [0.1, 0.15) is 51.4 Å². The minimum Gasteiger partial charge on any atom is -0.372 e. The van der Waals surface area contributed by atoms with Crippen LogP contribution in [0.3, 0.4) is 0 Å². The Balaban J connectivity index is 1.67. The molecule has 1 unspecified atom stereocenters. The molecule has 1 aromatic carbocycles. The number of aromatic nitrogens is 3. The maximum absolute atomic E-state index is 4.46. The lowest BCUT2D eigenvalue weighted by molar-refractivity contribution is 0.485. The predicted molar refractivity (Wildman–Crippen MR) is 111 cm³/mol. The lowest BCUT2D eigenvalue weighted by Crippen LogP contribution is -2.34. The monoisotopic (exact) mass is 387 g/mol. The Hall–Kier alpha value is -1.60. The number of hydrogen-bond acceptors (Lipinski definition) is 6. The van der Waals surface area contributed by atoms with Gasteiger partial charge in [0.15, 0.2) is 5.82 Å². The zero-order valence-corrected chi connectivity index (χ0v) is 17.6. The number of rotatable bonds is 4. The molecule has 1 atom stereocenters. The summed E-state index contributed by atoms with van der Waals surface area (Å²) in [7, 11) is 0. The molecule has 0 fully saturated rings. The normalized spacial score (nSPS) is 18.7. The van der Waals surface area contributed by atoms with Crippen LogP contribution in [0.15, 0.2) is 39.9 Å². The van der Waals surface area contributed by atoms with Gasteiger partial charge in [-0.2, -0.15) is 0 Å². The van der Waals surface area contributed by atoms with Crippen LogP contribution in [-0.2, 0) is 5.41 Å². The van der Waals surface area contributed by atoms with Crippen molar-refractivity contribution < 1.29 is 0 Å². The van der Waals surface area contributed by atoms with Crippen molar-refractivity contribution in [2.24, 2.45) is 0 Å². The molecule has 5 nitrogen and oxygen atoms in total. The molecule has 0 N–H and O–H groups in total. The van der Waals surface area contributed by atoms with Gasteiger partial charge in [0.2, 0.25) is 5.16 Å². The van der Waals surface area contributed by atoms with E-state index in [9.17, 15) is 0 Å². The molecule has 0 bridgehead atoms. The molecule has 0 saturated heterocycles. The lowest BCUT2D eigenvalue weighted by Gasteiger charge is -2.29. The highest BCUT2D eigenvalue weighted by Gasteiger charge is 2.41. The first-order valence-electron chi connectivity index (χ1n) is 9.07. The van der Waals surface area contributed by atoms with Crippen LogP contribution in [0.4, 0.5) is 5.69 Å². The third-order valence-electron chi connectivity index (χ3n) is 4.75. The number of benzene rings is 1. The molecule has 138 valence electrons. The maximum atomic E-state index is 4.46. The van der Waals surface area contributed by atoms with Gasteiger partial charge in [0.1, 0.15) is 10.4 Å². The van der Waals surface area contributed by atoms with E-state index in [-0.39, 0.29) is 10.8 Å². The average Bonchev–Trinajstić information content (AvgIpc) is 3.26. The number of fused-ring (bicyclic) bond motifs is 3. The molecule has 2 aromatic rings. The second-order valence-electron chi connectivity index (χ2n) is 7.52. The van der Waals surface area contributed by atoms with Crippen LogP contribution in [0, 0.1) is 0 Å². The quantitative estimate of drug-likeness (QED) is 0.756. The van der Waals surface area contributed by atoms with Gasteiger partial charge in [0, 0.05) is 29.6 Å². The van der Waals surface area contributed by atoms with Crippen molar-refractivity contribution in [3.63, 3.8) is 0 Å². The number of anilines is 1. The maximum Gasteiger partial charge on any atom is 0.216 e. The predicted octanol–water partition coefficient (Wildman–Crippen LogP) is 4.71. The van der Waals surface area contributed by atoms with E-state index < -0.39 is 0 Å². The van der Waals surface area contributed by atoms with Gasteiger partial charge in [0.25, 0.3) is 0 Å². The van der Waals surface area contributed by atoms with Gasteiger partial charge in [-0.15, -0.1) is 10.2 Å². The highest BCUT2D eigenvalue weighted by atomic mass is 32.2. The van der Waals surface area contributed by atoms with Crippen LogP contribution < -0.4 is 9.91 Å². The van der Waals surface area contributed by atoms with E-state index in [1.807, 2.05) is 11.8 Å². The Morgan fingerprint density at radius 2 is 1.77 bits per heavy atom. The van der Waals surface area contributed by atoms with E-state index in [4.69, 9.17) is 0 Å². The molecule has 1 aromatic heterocycles. The second-order valence-corrected chi connectivity index (χ2v) is 9.46. The van der Waals surface area contributed by atoms with E-state index in [0.717, 1.165) is 24.1 Å². The smallest absolute Gasteiger partial charge is 0.216 e. The van der Waals surface area contributed by atoms with Crippen LogP contribution >= 0.6 is 23.5 Å². The minimum atomic E-state index is -0.0499. The largest absolute Gasteiger partial charge is 0.372 e.